The summed E-state index contributed by atoms with van der Waals surface area (Å²) in [6.45, 7) is 4.22. The van der Waals surface area contributed by atoms with Crippen LogP contribution in [0.15, 0.2) is 35.7 Å². The number of amides is 1. The highest BCUT2D eigenvalue weighted by Gasteiger charge is 2.08. The lowest BCUT2D eigenvalue weighted by Crippen LogP contribution is -2.27. The van der Waals surface area contributed by atoms with Gasteiger partial charge in [0.15, 0.2) is 5.16 Å². The Kier molecular flexibility index (Phi) is 7.77. The zero-order valence-electron chi connectivity index (χ0n) is 14.2. The molecular formula is C17H24N4O2S. The van der Waals surface area contributed by atoms with E-state index >= 15 is 0 Å². The summed E-state index contributed by atoms with van der Waals surface area (Å²) in [5, 5.41) is 11.7. The van der Waals surface area contributed by atoms with Crippen molar-refractivity contribution in [2.24, 2.45) is 0 Å². The second-order valence-electron chi connectivity index (χ2n) is 5.47. The third kappa shape index (κ3) is 5.98. The Morgan fingerprint density at radius 3 is 3.00 bits per heavy atom. The summed E-state index contributed by atoms with van der Waals surface area (Å²) < 4.78 is 6.99. The number of hydrogen-bond acceptors (Lipinski definition) is 5. The van der Waals surface area contributed by atoms with Crippen LogP contribution in [0.25, 0.3) is 0 Å². The topological polar surface area (TPSA) is 69.0 Å². The van der Waals surface area contributed by atoms with Crippen molar-refractivity contribution in [2.75, 3.05) is 26.0 Å². The lowest BCUT2D eigenvalue weighted by atomic mass is 10.1. The fourth-order valence-electron chi connectivity index (χ4n) is 2.30. The first kappa shape index (κ1) is 18.5. The summed E-state index contributed by atoms with van der Waals surface area (Å²) in [4.78, 5) is 12.0. The van der Waals surface area contributed by atoms with Gasteiger partial charge < -0.3 is 14.6 Å². The highest BCUT2D eigenvalue weighted by Crippen LogP contribution is 2.14. The van der Waals surface area contributed by atoms with E-state index in [0.29, 0.717) is 18.9 Å². The van der Waals surface area contributed by atoms with Crippen molar-refractivity contribution < 1.29 is 9.53 Å². The van der Waals surface area contributed by atoms with Crippen LogP contribution in [0.5, 0.6) is 0 Å². The van der Waals surface area contributed by atoms with Crippen LogP contribution in [0.2, 0.25) is 0 Å². The Labute approximate surface area is 147 Å². The number of carbonyl (C=O) groups is 1. The molecule has 1 N–H and O–H groups in total. The third-order valence-electron chi connectivity index (χ3n) is 3.64. The van der Waals surface area contributed by atoms with Gasteiger partial charge in [0.25, 0.3) is 0 Å². The Hall–Kier alpha value is -1.86. The zero-order valence-corrected chi connectivity index (χ0v) is 15.0. The molecule has 1 aromatic carbocycles. The van der Waals surface area contributed by atoms with Gasteiger partial charge in [0.1, 0.15) is 6.33 Å². The maximum Gasteiger partial charge on any atom is 0.230 e. The molecule has 0 fully saturated rings. The number of hydrogen-bond donors (Lipinski definition) is 1. The van der Waals surface area contributed by atoms with Crippen molar-refractivity contribution >= 4 is 17.7 Å². The van der Waals surface area contributed by atoms with Gasteiger partial charge in [-0.3, -0.25) is 4.79 Å². The van der Waals surface area contributed by atoms with E-state index in [2.05, 4.69) is 34.6 Å². The Balaban J connectivity index is 1.70. The molecule has 24 heavy (non-hydrogen) atoms. The number of ether oxygens (including phenoxy) is 1. The summed E-state index contributed by atoms with van der Waals surface area (Å²) in [7, 11) is 1.68. The first-order valence-electron chi connectivity index (χ1n) is 8.01. The Morgan fingerprint density at radius 1 is 1.38 bits per heavy atom. The molecule has 130 valence electrons. The van der Waals surface area contributed by atoms with Gasteiger partial charge >= 0.3 is 0 Å². The maximum absolute atomic E-state index is 12.0. The van der Waals surface area contributed by atoms with Crippen LogP contribution in [-0.2, 0) is 22.5 Å². The Morgan fingerprint density at radius 2 is 2.21 bits per heavy atom. The predicted molar refractivity (Wildman–Crippen MR) is 95.1 cm³/mol. The molecule has 0 unspecified atom stereocenters. The molecule has 6 nitrogen and oxygen atoms in total. The molecule has 0 saturated carbocycles. The number of rotatable bonds is 10. The second-order valence-corrected chi connectivity index (χ2v) is 6.41. The summed E-state index contributed by atoms with van der Waals surface area (Å²) in [6, 6.07) is 8.23. The molecular weight excluding hydrogens is 324 g/mol. The molecule has 2 aromatic rings. The van der Waals surface area contributed by atoms with E-state index in [1.807, 2.05) is 16.7 Å². The highest BCUT2D eigenvalue weighted by atomic mass is 32.2. The summed E-state index contributed by atoms with van der Waals surface area (Å²) >= 11 is 1.41. The molecule has 1 amide bonds. The molecule has 1 aromatic heterocycles. The van der Waals surface area contributed by atoms with Crippen molar-refractivity contribution in [2.45, 2.75) is 31.5 Å². The average Bonchev–Trinajstić information content (AvgIpc) is 3.02. The molecule has 0 aliphatic carbocycles. The SMILES string of the molecule is COCCCn1cnnc1SCC(=O)NCCc1ccccc1C. The number of thioether (sulfide) groups is 1. The zero-order chi connectivity index (χ0) is 17.2. The minimum absolute atomic E-state index is 0.0139. The highest BCUT2D eigenvalue weighted by molar-refractivity contribution is 7.99. The van der Waals surface area contributed by atoms with Crippen molar-refractivity contribution in [1.82, 2.24) is 20.1 Å². The lowest BCUT2D eigenvalue weighted by Gasteiger charge is -2.08. The molecule has 0 aliphatic rings. The molecule has 0 bridgehead atoms. The van der Waals surface area contributed by atoms with Crippen LogP contribution in [0.4, 0.5) is 0 Å². The van der Waals surface area contributed by atoms with Crippen molar-refractivity contribution in [1.29, 1.82) is 0 Å². The number of nitrogens with one attached hydrogen (secondary N) is 1. The largest absolute Gasteiger partial charge is 0.385 e. The first-order valence-corrected chi connectivity index (χ1v) is 9.00. The minimum Gasteiger partial charge on any atom is -0.385 e. The van der Waals surface area contributed by atoms with Crippen LogP contribution < -0.4 is 5.32 Å². The van der Waals surface area contributed by atoms with Crippen LogP contribution in [-0.4, -0.2) is 46.7 Å². The summed E-state index contributed by atoms with van der Waals surface area (Å²) in [5.74, 6) is 0.358. The quantitative estimate of drug-likeness (QED) is 0.526. The molecule has 0 aliphatic heterocycles. The monoisotopic (exact) mass is 348 g/mol. The number of aryl methyl sites for hydroxylation is 2. The standard InChI is InChI=1S/C17H24N4O2S/c1-14-6-3-4-7-15(14)8-9-18-16(22)12-24-17-20-19-13-21(17)10-5-11-23-2/h3-4,6-7,13H,5,8-12H2,1-2H3,(H,18,22). The van der Waals surface area contributed by atoms with Crippen molar-refractivity contribution in [3.05, 3.63) is 41.7 Å². The van der Waals surface area contributed by atoms with Gasteiger partial charge in [-0.2, -0.15) is 0 Å². The maximum atomic E-state index is 12.0. The Bertz CT molecular complexity index is 645. The first-order chi connectivity index (χ1) is 11.7. The van der Waals surface area contributed by atoms with Gasteiger partial charge in [-0.25, -0.2) is 0 Å². The molecule has 0 saturated heterocycles. The number of nitrogens with zero attached hydrogens (tertiary/aromatic N) is 3. The van der Waals surface area contributed by atoms with E-state index in [1.54, 1.807) is 13.4 Å². The fourth-order valence-corrected chi connectivity index (χ4v) is 3.07. The molecule has 2 rings (SSSR count). The molecule has 0 spiro atoms. The molecule has 7 heteroatoms. The average molecular weight is 348 g/mol. The van der Waals surface area contributed by atoms with Gasteiger partial charge in [-0.15, -0.1) is 10.2 Å². The van der Waals surface area contributed by atoms with E-state index in [-0.39, 0.29) is 5.91 Å². The molecule has 0 atom stereocenters. The van der Waals surface area contributed by atoms with Gasteiger partial charge in [0.05, 0.1) is 5.75 Å². The number of benzene rings is 1. The second kappa shape index (κ2) is 10.1. The minimum atomic E-state index is 0.0139. The molecule has 0 radical (unpaired) electrons. The van der Waals surface area contributed by atoms with Gasteiger partial charge in [-0.1, -0.05) is 36.0 Å². The van der Waals surface area contributed by atoms with E-state index in [0.717, 1.165) is 24.5 Å². The van der Waals surface area contributed by atoms with Crippen molar-refractivity contribution in [3.8, 4) is 0 Å². The van der Waals surface area contributed by atoms with Crippen LogP contribution in [0.1, 0.15) is 17.5 Å². The van der Waals surface area contributed by atoms with Gasteiger partial charge in [0, 0.05) is 26.8 Å². The van der Waals surface area contributed by atoms with Crippen LogP contribution >= 0.6 is 11.8 Å². The lowest BCUT2D eigenvalue weighted by molar-refractivity contribution is -0.118. The van der Waals surface area contributed by atoms with Gasteiger partial charge in [0.2, 0.25) is 5.91 Å². The van der Waals surface area contributed by atoms with Crippen LogP contribution in [0, 0.1) is 6.92 Å². The predicted octanol–water partition coefficient (Wildman–Crippen LogP) is 2.07. The van der Waals surface area contributed by atoms with E-state index in [9.17, 15) is 4.79 Å². The van der Waals surface area contributed by atoms with E-state index in [4.69, 9.17) is 4.74 Å². The van der Waals surface area contributed by atoms with E-state index in [1.165, 1.54) is 22.9 Å². The van der Waals surface area contributed by atoms with Crippen molar-refractivity contribution in [3.63, 3.8) is 0 Å². The fraction of sp³-hybridized carbons (Fsp3) is 0.471. The smallest absolute Gasteiger partial charge is 0.230 e. The van der Waals surface area contributed by atoms with E-state index < -0.39 is 0 Å². The number of aromatic nitrogens is 3. The summed E-state index contributed by atoms with van der Waals surface area (Å²) in [5.41, 5.74) is 2.52. The third-order valence-corrected chi connectivity index (χ3v) is 4.62. The number of carbonyl (C=O) groups excluding carboxylic acids is 1. The summed E-state index contributed by atoms with van der Waals surface area (Å²) in [6.07, 6.45) is 3.43. The molecule has 1 heterocycles. The van der Waals surface area contributed by atoms with Crippen LogP contribution in [0.3, 0.4) is 0 Å². The number of methoxy groups -OCH3 is 1. The normalized spacial score (nSPS) is 10.8. The van der Waals surface area contributed by atoms with Gasteiger partial charge in [-0.05, 0) is 30.9 Å².